The van der Waals surface area contributed by atoms with Crippen LogP contribution in [0.4, 0.5) is 0 Å². The Labute approximate surface area is 72.1 Å². The summed E-state index contributed by atoms with van der Waals surface area (Å²) in [5.41, 5.74) is 0. The van der Waals surface area contributed by atoms with Crippen molar-refractivity contribution in [2.75, 3.05) is 6.61 Å². The van der Waals surface area contributed by atoms with Crippen molar-refractivity contribution in [1.82, 2.24) is 0 Å². The second-order valence-electron chi connectivity index (χ2n) is 3.27. The van der Waals surface area contributed by atoms with Gasteiger partial charge >= 0.3 is 0 Å². The van der Waals surface area contributed by atoms with Gasteiger partial charge in [-0.05, 0) is 13.8 Å². The Morgan fingerprint density at radius 2 is 2.25 bits per heavy atom. The molecule has 1 fully saturated rings. The van der Waals surface area contributed by atoms with Gasteiger partial charge in [0.15, 0.2) is 6.29 Å². The maximum atomic E-state index is 9.31. The van der Waals surface area contributed by atoms with E-state index < -0.39 is 12.2 Å². The normalized spacial score (nSPS) is 36.2. The maximum absolute atomic E-state index is 9.31. The molecule has 0 saturated carbocycles. The van der Waals surface area contributed by atoms with Crippen molar-refractivity contribution < 1.29 is 19.7 Å². The van der Waals surface area contributed by atoms with E-state index in [-0.39, 0.29) is 19.0 Å². The van der Waals surface area contributed by atoms with Crippen LogP contribution >= 0.6 is 0 Å². The van der Waals surface area contributed by atoms with Gasteiger partial charge in [-0.15, -0.1) is 0 Å². The summed E-state index contributed by atoms with van der Waals surface area (Å²) in [4.78, 5) is 0. The van der Waals surface area contributed by atoms with Gasteiger partial charge in [0.2, 0.25) is 0 Å². The van der Waals surface area contributed by atoms with Crippen LogP contribution < -0.4 is 0 Å². The van der Waals surface area contributed by atoms with Gasteiger partial charge in [-0.1, -0.05) is 0 Å². The summed E-state index contributed by atoms with van der Waals surface area (Å²) in [5, 5.41) is 18.1. The summed E-state index contributed by atoms with van der Waals surface area (Å²) >= 11 is 0. The molecule has 0 spiro atoms. The quantitative estimate of drug-likeness (QED) is 0.629. The summed E-state index contributed by atoms with van der Waals surface area (Å²) in [7, 11) is 0. The number of aliphatic hydroxyl groups excluding tert-OH is 2. The Kier molecular flexibility index (Phi) is 3.46. The summed E-state index contributed by atoms with van der Waals surface area (Å²) in [6.45, 7) is 3.66. The number of hydrogen-bond donors (Lipinski definition) is 2. The largest absolute Gasteiger partial charge is 0.394 e. The van der Waals surface area contributed by atoms with Gasteiger partial charge in [0.1, 0.15) is 6.10 Å². The van der Waals surface area contributed by atoms with Crippen LogP contribution in [0.1, 0.15) is 20.3 Å². The van der Waals surface area contributed by atoms with E-state index in [0.717, 1.165) is 0 Å². The Morgan fingerprint density at radius 1 is 1.58 bits per heavy atom. The highest BCUT2D eigenvalue weighted by molar-refractivity contribution is 4.77. The van der Waals surface area contributed by atoms with Gasteiger partial charge in [0.05, 0.1) is 18.8 Å². The Morgan fingerprint density at radius 3 is 2.67 bits per heavy atom. The first kappa shape index (κ1) is 9.92. The van der Waals surface area contributed by atoms with Crippen LogP contribution in [-0.4, -0.2) is 41.4 Å². The van der Waals surface area contributed by atoms with E-state index >= 15 is 0 Å². The van der Waals surface area contributed by atoms with Crippen molar-refractivity contribution in [3.63, 3.8) is 0 Å². The topological polar surface area (TPSA) is 58.9 Å². The molecule has 0 aromatic carbocycles. The molecule has 0 bridgehead atoms. The van der Waals surface area contributed by atoms with E-state index in [4.69, 9.17) is 14.6 Å². The third-order valence-corrected chi connectivity index (χ3v) is 1.79. The van der Waals surface area contributed by atoms with Gasteiger partial charge < -0.3 is 19.7 Å². The minimum atomic E-state index is -0.598. The standard InChI is InChI=1S/C8H16O4/c1-5(2)11-8-3-6(10)7(4-9)12-8/h5-10H,3-4H2,1-2H3/t6-,7+,8?/m0/s1. The molecular weight excluding hydrogens is 160 g/mol. The Hall–Kier alpha value is -0.160. The lowest BCUT2D eigenvalue weighted by Gasteiger charge is -2.14. The first-order valence-corrected chi connectivity index (χ1v) is 4.23. The molecule has 3 atom stereocenters. The average molecular weight is 176 g/mol. The first-order valence-electron chi connectivity index (χ1n) is 4.23. The summed E-state index contributed by atoms with van der Waals surface area (Å²) in [6, 6.07) is 0. The van der Waals surface area contributed by atoms with Gasteiger partial charge in [-0.25, -0.2) is 0 Å². The van der Waals surface area contributed by atoms with Crippen LogP contribution in [0.5, 0.6) is 0 Å². The fourth-order valence-electron chi connectivity index (χ4n) is 1.25. The Bertz CT molecular complexity index is 137. The molecule has 1 aliphatic heterocycles. The van der Waals surface area contributed by atoms with Gasteiger partial charge in [0.25, 0.3) is 0 Å². The molecule has 12 heavy (non-hydrogen) atoms. The number of aliphatic hydroxyl groups is 2. The fraction of sp³-hybridized carbons (Fsp3) is 1.00. The lowest BCUT2D eigenvalue weighted by Crippen LogP contribution is -2.24. The van der Waals surface area contributed by atoms with E-state index in [0.29, 0.717) is 6.42 Å². The first-order chi connectivity index (χ1) is 5.63. The molecule has 1 rings (SSSR count). The Balaban J connectivity index is 2.33. The smallest absolute Gasteiger partial charge is 0.161 e. The number of hydrogen-bond acceptors (Lipinski definition) is 4. The molecule has 72 valence electrons. The van der Waals surface area contributed by atoms with Gasteiger partial charge in [-0.3, -0.25) is 0 Å². The number of rotatable bonds is 3. The van der Waals surface area contributed by atoms with E-state index in [2.05, 4.69) is 0 Å². The molecule has 1 saturated heterocycles. The molecule has 4 nitrogen and oxygen atoms in total. The van der Waals surface area contributed by atoms with E-state index in [1.54, 1.807) is 0 Å². The van der Waals surface area contributed by atoms with E-state index in [9.17, 15) is 5.11 Å². The minimum Gasteiger partial charge on any atom is -0.394 e. The highest BCUT2D eigenvalue weighted by Crippen LogP contribution is 2.21. The zero-order valence-corrected chi connectivity index (χ0v) is 7.43. The summed E-state index contributed by atoms with van der Waals surface area (Å²) in [5.74, 6) is 0. The molecule has 1 heterocycles. The molecule has 0 amide bonds. The highest BCUT2D eigenvalue weighted by atomic mass is 16.7. The van der Waals surface area contributed by atoms with Crippen molar-refractivity contribution in [1.29, 1.82) is 0 Å². The van der Waals surface area contributed by atoms with Crippen LogP contribution in [0.15, 0.2) is 0 Å². The third kappa shape index (κ3) is 2.42. The van der Waals surface area contributed by atoms with Crippen LogP contribution in [0.3, 0.4) is 0 Å². The highest BCUT2D eigenvalue weighted by Gasteiger charge is 2.34. The van der Waals surface area contributed by atoms with Crippen molar-refractivity contribution in [2.45, 2.75) is 44.9 Å². The van der Waals surface area contributed by atoms with Crippen molar-refractivity contribution in [2.24, 2.45) is 0 Å². The zero-order chi connectivity index (χ0) is 9.14. The molecule has 0 aromatic rings. The summed E-state index contributed by atoms with van der Waals surface area (Å²) < 4.78 is 10.5. The van der Waals surface area contributed by atoms with Crippen molar-refractivity contribution >= 4 is 0 Å². The van der Waals surface area contributed by atoms with Crippen molar-refractivity contribution in [3.8, 4) is 0 Å². The predicted molar refractivity (Wildman–Crippen MR) is 42.6 cm³/mol. The SMILES string of the molecule is CC(C)OC1C[C@H](O)[C@@H](CO)O1. The molecule has 0 aromatic heterocycles. The lowest BCUT2D eigenvalue weighted by atomic mass is 10.2. The van der Waals surface area contributed by atoms with Crippen LogP contribution in [-0.2, 0) is 9.47 Å². The monoisotopic (exact) mass is 176 g/mol. The third-order valence-electron chi connectivity index (χ3n) is 1.79. The molecule has 2 N–H and O–H groups in total. The predicted octanol–water partition coefficient (Wildman–Crippen LogP) is -0.120. The van der Waals surface area contributed by atoms with Crippen LogP contribution in [0, 0.1) is 0 Å². The fourth-order valence-corrected chi connectivity index (χ4v) is 1.25. The molecule has 4 heteroatoms. The second-order valence-corrected chi connectivity index (χ2v) is 3.27. The van der Waals surface area contributed by atoms with Crippen LogP contribution in [0.2, 0.25) is 0 Å². The van der Waals surface area contributed by atoms with Crippen LogP contribution in [0.25, 0.3) is 0 Å². The maximum Gasteiger partial charge on any atom is 0.161 e. The molecule has 0 aliphatic carbocycles. The van der Waals surface area contributed by atoms with Crippen molar-refractivity contribution in [3.05, 3.63) is 0 Å². The van der Waals surface area contributed by atoms with Gasteiger partial charge in [-0.2, -0.15) is 0 Å². The van der Waals surface area contributed by atoms with E-state index in [1.807, 2.05) is 13.8 Å². The molecule has 1 aliphatic rings. The molecule has 0 radical (unpaired) electrons. The van der Waals surface area contributed by atoms with E-state index in [1.165, 1.54) is 0 Å². The molecule has 1 unspecified atom stereocenters. The second kappa shape index (κ2) is 4.18. The lowest BCUT2D eigenvalue weighted by molar-refractivity contribution is -0.161. The number of ether oxygens (including phenoxy) is 2. The average Bonchev–Trinajstić information content (AvgIpc) is 2.29. The summed E-state index contributed by atoms with van der Waals surface area (Å²) in [6.07, 6.45) is -0.909. The minimum absolute atomic E-state index is 0.0830. The zero-order valence-electron chi connectivity index (χ0n) is 7.43. The van der Waals surface area contributed by atoms with Gasteiger partial charge in [0, 0.05) is 6.42 Å². The molecular formula is C8H16O4.